The third-order valence-corrected chi connectivity index (χ3v) is 6.51. The van der Waals surface area contributed by atoms with E-state index < -0.39 is 0 Å². The third-order valence-electron chi connectivity index (χ3n) is 5.35. The molecular formula is C24H20ClN5O2S. The number of amides is 1. The number of carbonyl (C=O) groups excluding carboxylic acids is 1. The number of thioether (sulfide) groups is 1. The molecule has 166 valence electrons. The van der Waals surface area contributed by atoms with Gasteiger partial charge in [0.1, 0.15) is 17.6 Å². The summed E-state index contributed by atoms with van der Waals surface area (Å²) < 4.78 is 7.56. The molecule has 0 bridgehead atoms. The normalized spacial score (nSPS) is 15.6. The molecule has 9 heteroatoms. The van der Waals surface area contributed by atoms with Gasteiger partial charge in [-0.05, 0) is 48.9 Å². The van der Waals surface area contributed by atoms with Crippen molar-refractivity contribution in [1.82, 2.24) is 19.8 Å². The maximum atomic E-state index is 13.3. The van der Waals surface area contributed by atoms with E-state index in [0.717, 1.165) is 22.8 Å². The highest BCUT2D eigenvalue weighted by molar-refractivity contribution is 7.99. The van der Waals surface area contributed by atoms with Gasteiger partial charge in [0.15, 0.2) is 5.16 Å². The van der Waals surface area contributed by atoms with E-state index in [2.05, 4.69) is 15.3 Å². The predicted molar refractivity (Wildman–Crippen MR) is 128 cm³/mol. The van der Waals surface area contributed by atoms with Gasteiger partial charge in [-0.1, -0.05) is 53.7 Å². The SMILES string of the molecule is Cc1nnc(SCC(=O)N2N=C(c3ccc(Cl)cc3)CC2c2ccco2)n1-c1ccccc1. The van der Waals surface area contributed by atoms with Crippen LogP contribution >= 0.6 is 23.4 Å². The smallest absolute Gasteiger partial charge is 0.253 e. The van der Waals surface area contributed by atoms with Gasteiger partial charge in [0.25, 0.3) is 5.91 Å². The number of aryl methyl sites for hydroxylation is 1. The molecule has 0 spiro atoms. The van der Waals surface area contributed by atoms with E-state index in [9.17, 15) is 4.79 Å². The van der Waals surface area contributed by atoms with E-state index in [4.69, 9.17) is 16.0 Å². The van der Waals surface area contributed by atoms with Gasteiger partial charge < -0.3 is 4.42 Å². The first-order valence-corrected chi connectivity index (χ1v) is 11.8. The summed E-state index contributed by atoms with van der Waals surface area (Å²) >= 11 is 7.37. The summed E-state index contributed by atoms with van der Waals surface area (Å²) in [6.07, 6.45) is 2.17. The highest BCUT2D eigenvalue weighted by Gasteiger charge is 2.35. The number of carbonyl (C=O) groups is 1. The van der Waals surface area contributed by atoms with Crippen molar-refractivity contribution < 1.29 is 9.21 Å². The molecule has 5 rings (SSSR count). The molecule has 3 heterocycles. The van der Waals surface area contributed by atoms with Crippen LogP contribution in [0.3, 0.4) is 0 Å². The number of hydrogen-bond donors (Lipinski definition) is 0. The first-order chi connectivity index (χ1) is 16.1. The van der Waals surface area contributed by atoms with E-state index in [0.29, 0.717) is 22.4 Å². The minimum atomic E-state index is -0.299. The lowest BCUT2D eigenvalue weighted by Crippen LogP contribution is -2.28. The topological polar surface area (TPSA) is 76.5 Å². The molecule has 4 aromatic rings. The van der Waals surface area contributed by atoms with Crippen molar-refractivity contribution in [3.8, 4) is 5.69 Å². The zero-order valence-corrected chi connectivity index (χ0v) is 19.3. The fourth-order valence-electron chi connectivity index (χ4n) is 3.76. The Balaban J connectivity index is 1.38. The predicted octanol–water partition coefficient (Wildman–Crippen LogP) is 5.29. The molecule has 1 unspecified atom stereocenters. The number of furan rings is 1. The van der Waals surface area contributed by atoms with Crippen molar-refractivity contribution in [3.05, 3.63) is 95.2 Å². The highest BCUT2D eigenvalue weighted by atomic mass is 35.5. The Labute approximate surface area is 200 Å². The van der Waals surface area contributed by atoms with Gasteiger partial charge >= 0.3 is 0 Å². The van der Waals surface area contributed by atoms with Crippen LogP contribution in [0.1, 0.15) is 29.6 Å². The number of rotatable bonds is 6. The van der Waals surface area contributed by atoms with Crippen molar-refractivity contribution in [2.75, 3.05) is 5.75 Å². The van der Waals surface area contributed by atoms with Gasteiger partial charge in [-0.3, -0.25) is 9.36 Å². The second-order valence-electron chi connectivity index (χ2n) is 7.52. The average Bonchev–Trinajstić information content (AvgIpc) is 3.58. The first-order valence-electron chi connectivity index (χ1n) is 10.4. The number of aromatic nitrogens is 3. The number of para-hydroxylation sites is 1. The van der Waals surface area contributed by atoms with Crippen LogP contribution in [0.2, 0.25) is 5.02 Å². The number of halogens is 1. The molecule has 0 N–H and O–H groups in total. The second kappa shape index (κ2) is 9.25. The number of hydrogen-bond acceptors (Lipinski definition) is 6. The Kier molecular flexibility index (Phi) is 6.02. The van der Waals surface area contributed by atoms with Crippen LogP contribution in [0.15, 0.2) is 87.7 Å². The van der Waals surface area contributed by atoms with Crippen molar-refractivity contribution >= 4 is 35.0 Å². The third kappa shape index (κ3) is 4.44. The monoisotopic (exact) mass is 477 g/mol. The van der Waals surface area contributed by atoms with Gasteiger partial charge in [-0.2, -0.15) is 5.10 Å². The zero-order valence-electron chi connectivity index (χ0n) is 17.8. The summed E-state index contributed by atoms with van der Waals surface area (Å²) in [5, 5.41) is 16.0. The molecule has 0 saturated heterocycles. The highest BCUT2D eigenvalue weighted by Crippen LogP contribution is 2.34. The molecule has 0 aliphatic carbocycles. The van der Waals surface area contributed by atoms with Crippen LogP contribution in [-0.2, 0) is 4.79 Å². The maximum Gasteiger partial charge on any atom is 0.253 e. The average molecular weight is 478 g/mol. The van der Waals surface area contributed by atoms with Crippen LogP contribution in [0.4, 0.5) is 0 Å². The Morgan fingerprint density at radius 3 is 2.61 bits per heavy atom. The lowest BCUT2D eigenvalue weighted by atomic mass is 10.0. The molecule has 1 amide bonds. The van der Waals surface area contributed by atoms with Crippen molar-refractivity contribution in [1.29, 1.82) is 0 Å². The Bertz CT molecular complexity index is 1290. The van der Waals surface area contributed by atoms with Gasteiger partial charge in [-0.15, -0.1) is 10.2 Å². The van der Waals surface area contributed by atoms with Gasteiger partial charge in [0.2, 0.25) is 0 Å². The van der Waals surface area contributed by atoms with E-state index >= 15 is 0 Å². The minimum absolute atomic E-state index is 0.134. The second-order valence-corrected chi connectivity index (χ2v) is 8.90. The molecule has 7 nitrogen and oxygen atoms in total. The van der Waals surface area contributed by atoms with E-state index in [1.54, 1.807) is 6.26 Å². The summed E-state index contributed by atoms with van der Waals surface area (Å²) in [4.78, 5) is 13.3. The van der Waals surface area contributed by atoms with Gasteiger partial charge in [0.05, 0.1) is 17.7 Å². The molecule has 2 aromatic heterocycles. The summed E-state index contributed by atoms with van der Waals surface area (Å²) in [5.41, 5.74) is 2.70. The lowest BCUT2D eigenvalue weighted by molar-refractivity contribution is -0.130. The molecule has 1 aliphatic rings. The summed E-state index contributed by atoms with van der Waals surface area (Å²) in [5.74, 6) is 1.49. The number of nitrogens with zero attached hydrogens (tertiary/aromatic N) is 5. The van der Waals surface area contributed by atoms with Crippen LogP contribution in [0.5, 0.6) is 0 Å². The Morgan fingerprint density at radius 1 is 1.09 bits per heavy atom. The first kappa shape index (κ1) is 21.5. The fraction of sp³-hybridized carbons (Fsp3) is 0.167. The lowest BCUT2D eigenvalue weighted by Gasteiger charge is -2.19. The number of benzene rings is 2. The quantitative estimate of drug-likeness (QED) is 0.352. The van der Waals surface area contributed by atoms with Crippen molar-refractivity contribution in [3.63, 3.8) is 0 Å². The van der Waals surface area contributed by atoms with E-state index in [1.807, 2.05) is 78.2 Å². The van der Waals surface area contributed by atoms with E-state index in [-0.39, 0.29) is 17.7 Å². The summed E-state index contributed by atoms with van der Waals surface area (Å²) in [6.45, 7) is 1.89. The Hall–Kier alpha value is -3.36. The van der Waals surface area contributed by atoms with Gasteiger partial charge in [-0.25, -0.2) is 5.01 Å². The summed E-state index contributed by atoms with van der Waals surface area (Å²) in [7, 11) is 0. The number of hydrazone groups is 1. The molecule has 0 radical (unpaired) electrons. The molecule has 1 atom stereocenters. The van der Waals surface area contributed by atoms with Crippen molar-refractivity contribution in [2.45, 2.75) is 24.5 Å². The minimum Gasteiger partial charge on any atom is -0.467 e. The molecule has 2 aromatic carbocycles. The van der Waals surface area contributed by atoms with Crippen LogP contribution in [-0.4, -0.2) is 37.1 Å². The van der Waals surface area contributed by atoms with Crippen molar-refractivity contribution in [2.24, 2.45) is 5.10 Å². The van der Waals surface area contributed by atoms with Crippen LogP contribution < -0.4 is 0 Å². The van der Waals surface area contributed by atoms with Crippen LogP contribution in [0.25, 0.3) is 5.69 Å². The molecule has 0 saturated carbocycles. The zero-order chi connectivity index (χ0) is 22.8. The summed E-state index contributed by atoms with van der Waals surface area (Å²) in [6, 6.07) is 20.7. The Morgan fingerprint density at radius 2 is 1.88 bits per heavy atom. The fourth-order valence-corrected chi connectivity index (χ4v) is 4.74. The molecule has 0 fully saturated rings. The standard InChI is InChI=1S/C24H20ClN5O2S/c1-16-26-27-24(29(16)19-6-3-2-4-7-19)33-15-23(31)30-21(22-8-5-13-32-22)14-20(28-30)17-9-11-18(25)12-10-17/h2-13,21H,14-15H2,1H3. The largest absolute Gasteiger partial charge is 0.467 e. The van der Waals surface area contributed by atoms with Gasteiger partial charge in [0, 0.05) is 17.1 Å². The molecule has 33 heavy (non-hydrogen) atoms. The van der Waals surface area contributed by atoms with E-state index in [1.165, 1.54) is 16.8 Å². The maximum absolute atomic E-state index is 13.3. The molecular weight excluding hydrogens is 458 g/mol. The molecule has 1 aliphatic heterocycles. The van der Waals surface area contributed by atoms with Crippen LogP contribution in [0, 0.1) is 6.92 Å².